The summed E-state index contributed by atoms with van der Waals surface area (Å²) in [4.78, 5) is 32.8. The lowest BCUT2D eigenvalue weighted by Crippen LogP contribution is -2.34. The lowest BCUT2D eigenvalue weighted by molar-refractivity contribution is -0.384. The summed E-state index contributed by atoms with van der Waals surface area (Å²) in [5.41, 5.74) is -0.302. The normalized spacial score (nSPS) is 12.3. The van der Waals surface area contributed by atoms with E-state index in [-0.39, 0.29) is 17.2 Å². The van der Waals surface area contributed by atoms with Crippen LogP contribution in [0.25, 0.3) is 0 Å². The van der Waals surface area contributed by atoms with E-state index in [0.29, 0.717) is 0 Å². The predicted molar refractivity (Wildman–Crippen MR) is 77.3 cm³/mol. The SMILES string of the molecule is CCOC(=O)CC(C(=O)OC)S(=O)(=O)c1ccc([N+](=O)[O-])cc1. The van der Waals surface area contributed by atoms with Crippen LogP contribution in [-0.4, -0.2) is 44.2 Å². The molecule has 0 N–H and O–H groups in total. The number of nitro groups is 1. The van der Waals surface area contributed by atoms with Crippen LogP contribution in [0.15, 0.2) is 29.2 Å². The zero-order valence-electron chi connectivity index (χ0n) is 12.4. The molecule has 0 saturated heterocycles. The Morgan fingerprint density at radius 1 is 1.26 bits per heavy atom. The molecule has 0 aliphatic rings. The minimum absolute atomic E-state index is 0.0320. The van der Waals surface area contributed by atoms with Gasteiger partial charge in [-0.15, -0.1) is 0 Å². The van der Waals surface area contributed by atoms with Gasteiger partial charge in [0.15, 0.2) is 15.1 Å². The van der Waals surface area contributed by atoms with E-state index in [1.165, 1.54) is 6.92 Å². The number of nitrogens with zero attached hydrogens (tertiary/aromatic N) is 1. The van der Waals surface area contributed by atoms with Crippen molar-refractivity contribution in [1.82, 2.24) is 0 Å². The van der Waals surface area contributed by atoms with Crippen LogP contribution in [0.3, 0.4) is 0 Å². The molecule has 126 valence electrons. The first-order valence-electron chi connectivity index (χ1n) is 6.45. The minimum atomic E-state index is -4.27. The Morgan fingerprint density at radius 2 is 1.83 bits per heavy atom. The molecule has 1 aromatic carbocycles. The largest absolute Gasteiger partial charge is 0.468 e. The third-order valence-electron chi connectivity index (χ3n) is 2.87. The van der Waals surface area contributed by atoms with Crippen LogP contribution in [0.1, 0.15) is 13.3 Å². The van der Waals surface area contributed by atoms with Gasteiger partial charge in [-0.05, 0) is 19.1 Å². The van der Waals surface area contributed by atoms with Gasteiger partial charge in [-0.1, -0.05) is 0 Å². The fourth-order valence-corrected chi connectivity index (χ4v) is 3.29. The molecule has 9 nitrogen and oxygen atoms in total. The summed E-state index contributed by atoms with van der Waals surface area (Å²) in [6, 6.07) is 3.97. The number of ether oxygens (including phenoxy) is 2. The van der Waals surface area contributed by atoms with Crippen molar-refractivity contribution in [1.29, 1.82) is 0 Å². The molecule has 0 bridgehead atoms. The molecule has 0 saturated carbocycles. The fraction of sp³-hybridized carbons (Fsp3) is 0.385. The van der Waals surface area contributed by atoms with Gasteiger partial charge in [-0.3, -0.25) is 19.7 Å². The summed E-state index contributed by atoms with van der Waals surface area (Å²) < 4.78 is 34.0. The zero-order valence-corrected chi connectivity index (χ0v) is 13.2. The van der Waals surface area contributed by atoms with Crippen molar-refractivity contribution >= 4 is 27.5 Å². The van der Waals surface area contributed by atoms with Crippen molar-refractivity contribution in [2.24, 2.45) is 0 Å². The molecule has 1 unspecified atom stereocenters. The number of non-ortho nitro benzene ring substituents is 1. The molecule has 0 heterocycles. The van der Waals surface area contributed by atoms with E-state index in [0.717, 1.165) is 31.4 Å². The standard InChI is InChI=1S/C13H15NO8S/c1-3-22-12(15)8-11(13(16)21-2)23(19,20)10-6-4-9(5-7-10)14(17)18/h4-7,11H,3,8H2,1-2H3. The first-order valence-corrected chi connectivity index (χ1v) is 8.00. The topological polar surface area (TPSA) is 130 Å². The Hall–Kier alpha value is -2.49. The Kier molecular flexibility index (Phi) is 6.19. The van der Waals surface area contributed by atoms with Crippen molar-refractivity contribution in [3.63, 3.8) is 0 Å². The van der Waals surface area contributed by atoms with Gasteiger partial charge in [0, 0.05) is 12.1 Å². The van der Waals surface area contributed by atoms with Gasteiger partial charge in [0.1, 0.15) is 0 Å². The molecule has 0 spiro atoms. The van der Waals surface area contributed by atoms with Crippen LogP contribution in [0.4, 0.5) is 5.69 Å². The molecule has 1 rings (SSSR count). The number of nitro benzene ring substituents is 1. The number of carbonyl (C=O) groups is 2. The van der Waals surface area contributed by atoms with Crippen LogP contribution >= 0.6 is 0 Å². The molecule has 0 fully saturated rings. The lowest BCUT2D eigenvalue weighted by atomic mass is 10.3. The van der Waals surface area contributed by atoms with Crippen molar-refractivity contribution in [2.45, 2.75) is 23.5 Å². The van der Waals surface area contributed by atoms with Crippen LogP contribution < -0.4 is 0 Å². The Labute approximate surface area is 132 Å². The first kappa shape index (κ1) is 18.6. The highest BCUT2D eigenvalue weighted by Crippen LogP contribution is 2.22. The van der Waals surface area contributed by atoms with Crippen LogP contribution in [0.2, 0.25) is 0 Å². The average molecular weight is 345 g/mol. The van der Waals surface area contributed by atoms with E-state index in [9.17, 15) is 28.1 Å². The molecule has 1 aromatic rings. The third-order valence-corrected chi connectivity index (χ3v) is 4.91. The molecule has 0 aromatic heterocycles. The molecule has 0 radical (unpaired) electrons. The van der Waals surface area contributed by atoms with Crippen LogP contribution in [-0.2, 0) is 28.9 Å². The summed E-state index contributed by atoms with van der Waals surface area (Å²) >= 11 is 0. The number of esters is 2. The van der Waals surface area contributed by atoms with E-state index >= 15 is 0 Å². The summed E-state index contributed by atoms with van der Waals surface area (Å²) in [7, 11) is -3.27. The number of sulfone groups is 1. The van der Waals surface area contributed by atoms with Crippen molar-refractivity contribution < 1.29 is 32.4 Å². The number of benzene rings is 1. The maximum atomic E-state index is 12.5. The molecule has 1 atom stereocenters. The van der Waals surface area contributed by atoms with Crippen LogP contribution in [0.5, 0.6) is 0 Å². The molecular formula is C13H15NO8S. The number of methoxy groups -OCH3 is 1. The monoisotopic (exact) mass is 345 g/mol. The number of hydrogen-bond acceptors (Lipinski definition) is 8. The second-order valence-corrected chi connectivity index (χ2v) is 6.45. The Morgan fingerprint density at radius 3 is 2.26 bits per heavy atom. The smallest absolute Gasteiger partial charge is 0.325 e. The molecule has 23 heavy (non-hydrogen) atoms. The fourth-order valence-electron chi connectivity index (χ4n) is 1.74. The summed E-state index contributed by atoms with van der Waals surface area (Å²) in [6.45, 7) is 1.57. The molecule has 0 aliphatic carbocycles. The van der Waals surface area contributed by atoms with E-state index in [1.54, 1.807) is 0 Å². The summed E-state index contributed by atoms with van der Waals surface area (Å²) in [6.07, 6.45) is -0.708. The van der Waals surface area contributed by atoms with Gasteiger partial charge in [0.05, 0.1) is 30.0 Å². The number of hydrogen-bond donors (Lipinski definition) is 0. The number of rotatable bonds is 7. The van der Waals surface area contributed by atoms with Gasteiger partial charge in [0.25, 0.3) is 5.69 Å². The highest BCUT2D eigenvalue weighted by Gasteiger charge is 2.37. The van der Waals surface area contributed by atoms with E-state index in [4.69, 9.17) is 0 Å². The Bertz CT molecular complexity index is 695. The number of carbonyl (C=O) groups excluding carboxylic acids is 2. The average Bonchev–Trinajstić information content (AvgIpc) is 2.52. The summed E-state index contributed by atoms with van der Waals surface area (Å²) in [5, 5.41) is 8.80. The van der Waals surface area contributed by atoms with Gasteiger partial charge >= 0.3 is 11.9 Å². The molecule has 0 amide bonds. The maximum absolute atomic E-state index is 12.5. The van der Waals surface area contributed by atoms with Gasteiger partial charge < -0.3 is 9.47 Å². The summed E-state index contributed by atoms with van der Waals surface area (Å²) in [5.74, 6) is -1.98. The highest BCUT2D eigenvalue weighted by atomic mass is 32.2. The van der Waals surface area contributed by atoms with Crippen molar-refractivity contribution in [3.05, 3.63) is 34.4 Å². The van der Waals surface area contributed by atoms with E-state index < -0.39 is 38.4 Å². The van der Waals surface area contributed by atoms with E-state index in [1.807, 2.05) is 0 Å². The van der Waals surface area contributed by atoms with Gasteiger partial charge in [0.2, 0.25) is 0 Å². The van der Waals surface area contributed by atoms with Gasteiger partial charge in [-0.25, -0.2) is 8.42 Å². The van der Waals surface area contributed by atoms with Crippen molar-refractivity contribution in [3.8, 4) is 0 Å². The van der Waals surface area contributed by atoms with E-state index in [2.05, 4.69) is 9.47 Å². The maximum Gasteiger partial charge on any atom is 0.325 e. The zero-order chi connectivity index (χ0) is 17.6. The highest BCUT2D eigenvalue weighted by molar-refractivity contribution is 7.92. The minimum Gasteiger partial charge on any atom is -0.468 e. The molecule has 10 heteroatoms. The second kappa shape index (κ2) is 7.68. The first-order chi connectivity index (χ1) is 10.7. The third kappa shape index (κ3) is 4.49. The lowest BCUT2D eigenvalue weighted by Gasteiger charge is -2.14. The molecule has 0 aliphatic heterocycles. The van der Waals surface area contributed by atoms with Crippen molar-refractivity contribution in [2.75, 3.05) is 13.7 Å². The molecular weight excluding hydrogens is 330 g/mol. The second-order valence-electron chi connectivity index (χ2n) is 4.32. The van der Waals surface area contributed by atoms with Gasteiger partial charge in [-0.2, -0.15) is 0 Å². The predicted octanol–water partition coefficient (Wildman–Crippen LogP) is 0.863. The van der Waals surface area contributed by atoms with Crippen LogP contribution in [0, 0.1) is 10.1 Å². The quantitative estimate of drug-likeness (QED) is 0.404. The Balaban J connectivity index is 3.19.